The first-order chi connectivity index (χ1) is 7.49. The SMILES string of the molecule is CC(C)CNC(=S)Nc1ncc(Br)cc1Cl. The first kappa shape index (κ1) is 13.7. The highest BCUT2D eigenvalue weighted by molar-refractivity contribution is 9.10. The maximum Gasteiger partial charge on any atom is 0.171 e. The first-order valence-electron chi connectivity index (χ1n) is 4.85. The van der Waals surface area contributed by atoms with Crippen molar-refractivity contribution in [2.24, 2.45) is 5.92 Å². The number of anilines is 1. The lowest BCUT2D eigenvalue weighted by molar-refractivity contribution is 0.627. The van der Waals surface area contributed by atoms with Gasteiger partial charge in [-0.25, -0.2) is 4.98 Å². The normalized spacial score (nSPS) is 10.3. The minimum atomic E-state index is 0.531. The Bertz CT molecular complexity index is 384. The zero-order chi connectivity index (χ0) is 12.1. The lowest BCUT2D eigenvalue weighted by Crippen LogP contribution is -2.31. The summed E-state index contributed by atoms with van der Waals surface area (Å²) < 4.78 is 0.837. The van der Waals surface area contributed by atoms with Crippen LogP contribution in [0, 0.1) is 5.92 Å². The highest BCUT2D eigenvalue weighted by Crippen LogP contribution is 2.22. The Balaban J connectivity index is 2.56. The molecule has 0 aliphatic rings. The average molecular weight is 323 g/mol. The van der Waals surface area contributed by atoms with Gasteiger partial charge in [-0.2, -0.15) is 0 Å². The summed E-state index contributed by atoms with van der Waals surface area (Å²) in [6, 6.07) is 1.77. The third-order valence-corrected chi connectivity index (χ3v) is 2.68. The number of nitrogens with zero attached hydrogens (tertiary/aromatic N) is 1. The second-order valence-electron chi connectivity index (χ2n) is 3.71. The Kier molecular flexibility index (Phi) is 5.44. The zero-order valence-electron chi connectivity index (χ0n) is 9.05. The van der Waals surface area contributed by atoms with E-state index in [4.69, 9.17) is 23.8 Å². The largest absolute Gasteiger partial charge is 0.362 e. The van der Waals surface area contributed by atoms with E-state index in [1.165, 1.54) is 0 Å². The molecule has 1 rings (SSSR count). The summed E-state index contributed by atoms with van der Waals surface area (Å²) in [4.78, 5) is 4.13. The fraction of sp³-hybridized carbons (Fsp3) is 0.400. The van der Waals surface area contributed by atoms with Crippen LogP contribution >= 0.6 is 39.7 Å². The van der Waals surface area contributed by atoms with Crippen LogP contribution in [0.15, 0.2) is 16.7 Å². The summed E-state index contributed by atoms with van der Waals surface area (Å²) in [5, 5.41) is 7.10. The van der Waals surface area contributed by atoms with Crippen LogP contribution in [0.1, 0.15) is 13.8 Å². The number of halogens is 2. The second kappa shape index (κ2) is 6.37. The molecule has 0 aromatic carbocycles. The van der Waals surface area contributed by atoms with E-state index in [9.17, 15) is 0 Å². The van der Waals surface area contributed by atoms with Gasteiger partial charge in [-0.1, -0.05) is 25.4 Å². The third-order valence-electron chi connectivity index (χ3n) is 1.71. The minimum absolute atomic E-state index is 0.531. The van der Waals surface area contributed by atoms with Gasteiger partial charge in [0, 0.05) is 17.2 Å². The van der Waals surface area contributed by atoms with E-state index in [2.05, 4.69) is 45.4 Å². The molecule has 16 heavy (non-hydrogen) atoms. The van der Waals surface area contributed by atoms with Crippen molar-refractivity contribution in [1.29, 1.82) is 0 Å². The Hall–Kier alpha value is -0.390. The Labute approximate surface area is 114 Å². The van der Waals surface area contributed by atoms with Gasteiger partial charge in [-0.15, -0.1) is 0 Å². The molecule has 6 heteroatoms. The molecule has 0 amide bonds. The lowest BCUT2D eigenvalue weighted by Gasteiger charge is -2.12. The number of thiocarbonyl (C=S) groups is 1. The van der Waals surface area contributed by atoms with Gasteiger partial charge < -0.3 is 10.6 Å². The molecular weight excluding hydrogens is 310 g/mol. The van der Waals surface area contributed by atoms with E-state index in [1.54, 1.807) is 12.3 Å². The minimum Gasteiger partial charge on any atom is -0.362 e. The van der Waals surface area contributed by atoms with Gasteiger partial charge in [0.15, 0.2) is 10.9 Å². The van der Waals surface area contributed by atoms with Crippen LogP contribution in [-0.2, 0) is 0 Å². The summed E-state index contributed by atoms with van der Waals surface area (Å²) in [7, 11) is 0. The van der Waals surface area contributed by atoms with Crippen LogP contribution in [0.4, 0.5) is 5.82 Å². The Morgan fingerprint density at radius 1 is 1.62 bits per heavy atom. The molecule has 0 aliphatic heterocycles. The third kappa shape index (κ3) is 4.63. The number of pyridine rings is 1. The summed E-state index contributed by atoms with van der Waals surface area (Å²) in [6.07, 6.45) is 1.67. The summed E-state index contributed by atoms with van der Waals surface area (Å²) in [5.41, 5.74) is 0. The molecule has 1 heterocycles. The molecule has 0 aliphatic carbocycles. The van der Waals surface area contributed by atoms with Gasteiger partial charge in [0.05, 0.1) is 5.02 Å². The fourth-order valence-electron chi connectivity index (χ4n) is 0.955. The molecule has 0 spiro atoms. The van der Waals surface area contributed by atoms with Crippen molar-refractivity contribution < 1.29 is 0 Å². The average Bonchev–Trinajstić information content (AvgIpc) is 2.19. The Morgan fingerprint density at radius 2 is 2.31 bits per heavy atom. The zero-order valence-corrected chi connectivity index (χ0v) is 12.2. The molecule has 1 aromatic heterocycles. The highest BCUT2D eigenvalue weighted by atomic mass is 79.9. The molecular formula is C10H13BrClN3S. The molecule has 88 valence electrons. The van der Waals surface area contributed by atoms with Gasteiger partial charge >= 0.3 is 0 Å². The number of aromatic nitrogens is 1. The maximum absolute atomic E-state index is 5.99. The van der Waals surface area contributed by atoms with E-state index < -0.39 is 0 Å². The highest BCUT2D eigenvalue weighted by Gasteiger charge is 2.04. The number of hydrogen-bond acceptors (Lipinski definition) is 2. The van der Waals surface area contributed by atoms with Crippen molar-refractivity contribution in [2.75, 3.05) is 11.9 Å². The van der Waals surface area contributed by atoms with Crippen LogP contribution in [-0.4, -0.2) is 16.6 Å². The van der Waals surface area contributed by atoms with Gasteiger partial charge in [0.2, 0.25) is 0 Å². The summed E-state index contributed by atoms with van der Waals surface area (Å²) in [5.74, 6) is 1.10. The number of hydrogen-bond donors (Lipinski definition) is 2. The van der Waals surface area contributed by atoms with Gasteiger partial charge in [0.1, 0.15) is 0 Å². The quantitative estimate of drug-likeness (QED) is 0.836. The number of nitrogens with one attached hydrogen (secondary N) is 2. The van der Waals surface area contributed by atoms with Crippen LogP contribution < -0.4 is 10.6 Å². The van der Waals surface area contributed by atoms with Gasteiger partial charge in [-0.3, -0.25) is 0 Å². The summed E-state index contributed by atoms with van der Waals surface area (Å²) in [6.45, 7) is 5.04. The van der Waals surface area contributed by atoms with Crippen LogP contribution in [0.2, 0.25) is 5.02 Å². The van der Waals surface area contributed by atoms with E-state index in [0.717, 1.165) is 11.0 Å². The van der Waals surface area contributed by atoms with Crippen molar-refractivity contribution in [3.8, 4) is 0 Å². The lowest BCUT2D eigenvalue weighted by atomic mass is 10.2. The fourth-order valence-corrected chi connectivity index (χ4v) is 1.81. The van der Waals surface area contributed by atoms with Crippen molar-refractivity contribution >= 4 is 50.7 Å². The van der Waals surface area contributed by atoms with Crippen molar-refractivity contribution in [2.45, 2.75) is 13.8 Å². The van der Waals surface area contributed by atoms with Crippen molar-refractivity contribution in [3.63, 3.8) is 0 Å². The van der Waals surface area contributed by atoms with E-state index in [0.29, 0.717) is 21.9 Å². The molecule has 0 saturated carbocycles. The molecule has 1 aromatic rings. The molecule has 0 atom stereocenters. The molecule has 0 fully saturated rings. The smallest absolute Gasteiger partial charge is 0.171 e. The van der Waals surface area contributed by atoms with Crippen molar-refractivity contribution in [3.05, 3.63) is 21.8 Å². The molecule has 0 unspecified atom stereocenters. The number of rotatable bonds is 3. The molecule has 0 saturated heterocycles. The van der Waals surface area contributed by atoms with E-state index in [1.807, 2.05) is 0 Å². The predicted molar refractivity (Wildman–Crippen MR) is 76.0 cm³/mol. The van der Waals surface area contributed by atoms with Crippen LogP contribution in [0.3, 0.4) is 0 Å². The van der Waals surface area contributed by atoms with E-state index in [-0.39, 0.29) is 0 Å². The van der Waals surface area contributed by atoms with E-state index >= 15 is 0 Å². The van der Waals surface area contributed by atoms with Gasteiger partial charge in [0.25, 0.3) is 0 Å². The topological polar surface area (TPSA) is 37.0 Å². The molecule has 0 radical (unpaired) electrons. The predicted octanol–water partition coefficient (Wildman–Crippen LogP) is 3.44. The molecule has 2 N–H and O–H groups in total. The molecule has 3 nitrogen and oxygen atoms in total. The van der Waals surface area contributed by atoms with Crippen molar-refractivity contribution in [1.82, 2.24) is 10.3 Å². The van der Waals surface area contributed by atoms with Gasteiger partial charge in [-0.05, 0) is 40.1 Å². The Morgan fingerprint density at radius 3 is 2.88 bits per heavy atom. The maximum atomic E-state index is 5.99. The van der Waals surface area contributed by atoms with Crippen LogP contribution in [0.25, 0.3) is 0 Å². The monoisotopic (exact) mass is 321 g/mol. The van der Waals surface area contributed by atoms with Crippen LogP contribution in [0.5, 0.6) is 0 Å². The summed E-state index contributed by atoms with van der Waals surface area (Å²) >= 11 is 14.4. The molecule has 0 bridgehead atoms. The second-order valence-corrected chi connectivity index (χ2v) is 5.44. The standard InChI is InChI=1S/C10H13BrClN3S/c1-6(2)4-14-10(16)15-9-8(12)3-7(11)5-13-9/h3,5-6H,4H2,1-2H3,(H2,13,14,15,16). The first-order valence-corrected chi connectivity index (χ1v) is 6.43.